The quantitative estimate of drug-likeness (QED) is 0.0345. The number of hydrogen-bond acceptors (Lipinski definition) is 5. The Kier molecular flexibility index (Phi) is 60.4. The minimum Gasteiger partial charge on any atom is -0.462 e. The van der Waals surface area contributed by atoms with Gasteiger partial charge in [-0.1, -0.05) is 290 Å². The summed E-state index contributed by atoms with van der Waals surface area (Å²) in [6.45, 7) is 7.53. The second kappa shape index (κ2) is 63.6. The number of carbonyl (C=O) groups excluding carboxylic acids is 2. The third kappa shape index (κ3) is 60.9. The van der Waals surface area contributed by atoms with Gasteiger partial charge in [-0.3, -0.25) is 9.59 Å². The van der Waals surface area contributed by atoms with Gasteiger partial charge in [-0.15, -0.1) is 0 Å². The fourth-order valence-corrected chi connectivity index (χ4v) is 8.47. The molecule has 0 saturated carbocycles. The van der Waals surface area contributed by atoms with Gasteiger partial charge in [-0.05, 0) is 96.3 Å². The number of unbranched alkanes of at least 4 members (excludes halogenated alkanes) is 25. The van der Waals surface area contributed by atoms with Crippen molar-refractivity contribution in [3.8, 4) is 0 Å². The molecule has 0 aliphatic rings. The monoisotopic (exact) mass is 1020 g/mol. The van der Waals surface area contributed by atoms with E-state index in [0.717, 1.165) is 103 Å². The first-order valence-corrected chi connectivity index (χ1v) is 31.1. The van der Waals surface area contributed by atoms with Gasteiger partial charge in [0.2, 0.25) is 0 Å². The van der Waals surface area contributed by atoms with Crippen molar-refractivity contribution in [3.63, 3.8) is 0 Å². The van der Waals surface area contributed by atoms with E-state index in [1.54, 1.807) is 0 Å². The first-order valence-electron chi connectivity index (χ1n) is 31.1. The summed E-state index contributed by atoms with van der Waals surface area (Å²) in [6.07, 6.45) is 89.6. The predicted molar refractivity (Wildman–Crippen MR) is 325 cm³/mol. The van der Waals surface area contributed by atoms with Crippen molar-refractivity contribution in [2.75, 3.05) is 19.8 Å². The zero-order valence-corrected chi connectivity index (χ0v) is 48.6. The van der Waals surface area contributed by atoms with Gasteiger partial charge in [0.1, 0.15) is 6.61 Å². The molecule has 0 spiro atoms. The summed E-state index contributed by atoms with van der Waals surface area (Å²) in [6, 6.07) is 0. The fourth-order valence-electron chi connectivity index (χ4n) is 8.47. The Morgan fingerprint density at radius 1 is 0.311 bits per heavy atom. The van der Waals surface area contributed by atoms with Crippen LogP contribution in [-0.4, -0.2) is 37.9 Å². The Labute approximate surface area is 458 Å². The topological polar surface area (TPSA) is 61.8 Å². The van der Waals surface area contributed by atoms with E-state index >= 15 is 0 Å². The average molecular weight is 1030 g/mol. The molecule has 422 valence electrons. The van der Waals surface area contributed by atoms with Crippen LogP contribution in [0.1, 0.15) is 278 Å². The standard InChI is InChI=1S/C69H116O5/c1-4-7-10-13-16-19-22-25-28-31-34-37-40-43-46-49-52-55-58-61-64-72-65-67(74-69(71)63-60-57-54-51-48-45-42-39-36-33-30-27-24-21-18-15-12-9-6-3)66-73-68(70)62-59-56-53-50-47-44-41-38-35-32-29-26-23-20-17-14-11-8-5-2/h8-9,11-12,17-18,20-21,26-27,29-30,35-36,38-39,44,47,53,56,67H,4-7,10,13-16,19,22-25,28,31-34,37,40-43,45-46,48-52,54-55,57-66H2,1-3H3/b11-8-,12-9-,20-17-,21-18-,29-26-,30-27-,38-35-,39-36-,47-44-,56-53-. The maximum atomic E-state index is 12.9. The lowest BCUT2D eigenvalue weighted by Gasteiger charge is -2.18. The predicted octanol–water partition coefficient (Wildman–Crippen LogP) is 21.7. The molecule has 0 aromatic heterocycles. The number of rotatable bonds is 56. The maximum Gasteiger partial charge on any atom is 0.306 e. The highest BCUT2D eigenvalue weighted by Crippen LogP contribution is 2.16. The molecule has 0 rings (SSSR count). The van der Waals surface area contributed by atoms with Crippen LogP contribution in [0.5, 0.6) is 0 Å². The smallest absolute Gasteiger partial charge is 0.306 e. The van der Waals surface area contributed by atoms with Crippen LogP contribution in [0.3, 0.4) is 0 Å². The summed E-state index contributed by atoms with van der Waals surface area (Å²) in [4.78, 5) is 25.6. The summed E-state index contributed by atoms with van der Waals surface area (Å²) in [5, 5.41) is 0. The van der Waals surface area contributed by atoms with Crippen molar-refractivity contribution in [1.29, 1.82) is 0 Å². The first kappa shape index (κ1) is 70.3. The first-order chi connectivity index (χ1) is 36.6. The molecule has 1 atom stereocenters. The molecule has 74 heavy (non-hydrogen) atoms. The highest BCUT2D eigenvalue weighted by molar-refractivity contribution is 5.70. The van der Waals surface area contributed by atoms with Crippen molar-refractivity contribution in [2.24, 2.45) is 0 Å². The molecule has 0 aliphatic heterocycles. The van der Waals surface area contributed by atoms with Crippen LogP contribution in [0, 0.1) is 0 Å². The molecule has 1 unspecified atom stereocenters. The van der Waals surface area contributed by atoms with Gasteiger partial charge in [0.05, 0.1) is 6.61 Å². The van der Waals surface area contributed by atoms with Crippen LogP contribution in [0.25, 0.3) is 0 Å². The highest BCUT2D eigenvalue weighted by Gasteiger charge is 2.17. The van der Waals surface area contributed by atoms with Crippen LogP contribution < -0.4 is 0 Å². The van der Waals surface area contributed by atoms with Crippen LogP contribution in [0.4, 0.5) is 0 Å². The van der Waals surface area contributed by atoms with Crippen molar-refractivity contribution in [1.82, 2.24) is 0 Å². The van der Waals surface area contributed by atoms with Gasteiger partial charge in [0, 0.05) is 19.4 Å². The largest absolute Gasteiger partial charge is 0.462 e. The second-order valence-corrected chi connectivity index (χ2v) is 20.2. The summed E-state index contributed by atoms with van der Waals surface area (Å²) >= 11 is 0. The highest BCUT2D eigenvalue weighted by atomic mass is 16.6. The molecule has 0 aromatic rings. The van der Waals surface area contributed by atoms with E-state index in [1.807, 2.05) is 6.08 Å². The number of hydrogen-bond donors (Lipinski definition) is 0. The van der Waals surface area contributed by atoms with Gasteiger partial charge < -0.3 is 14.2 Å². The summed E-state index contributed by atoms with van der Waals surface area (Å²) in [5.41, 5.74) is 0. The van der Waals surface area contributed by atoms with Crippen molar-refractivity contribution in [3.05, 3.63) is 122 Å². The lowest BCUT2D eigenvalue weighted by molar-refractivity contribution is -0.162. The molecule has 5 nitrogen and oxygen atoms in total. The third-order valence-corrected chi connectivity index (χ3v) is 13.0. The number of esters is 2. The zero-order chi connectivity index (χ0) is 53.4. The second-order valence-electron chi connectivity index (χ2n) is 20.2. The molecule has 0 aromatic carbocycles. The number of carbonyl (C=O) groups is 2. The number of allylic oxidation sites excluding steroid dienone is 20. The van der Waals surface area contributed by atoms with Crippen molar-refractivity contribution >= 4 is 11.9 Å². The van der Waals surface area contributed by atoms with Crippen LogP contribution in [0.15, 0.2) is 122 Å². The fraction of sp³-hybridized carbons (Fsp3) is 0.681. The summed E-state index contributed by atoms with van der Waals surface area (Å²) in [5.74, 6) is -0.507. The van der Waals surface area contributed by atoms with Crippen molar-refractivity contribution < 1.29 is 23.8 Å². The molecule has 0 radical (unpaired) electrons. The Morgan fingerprint density at radius 2 is 0.635 bits per heavy atom. The van der Waals surface area contributed by atoms with Crippen LogP contribution in [-0.2, 0) is 23.8 Å². The minimum absolute atomic E-state index is 0.0346. The molecular formula is C69H116O5. The van der Waals surface area contributed by atoms with Crippen LogP contribution in [0.2, 0.25) is 0 Å². The Bertz CT molecular complexity index is 1490. The lowest BCUT2D eigenvalue weighted by atomic mass is 10.0. The zero-order valence-electron chi connectivity index (χ0n) is 48.6. The van der Waals surface area contributed by atoms with E-state index < -0.39 is 6.10 Å². The van der Waals surface area contributed by atoms with Gasteiger partial charge >= 0.3 is 11.9 Å². The molecule has 0 heterocycles. The molecule has 5 heteroatoms. The average Bonchev–Trinajstić information content (AvgIpc) is 3.40. The number of ether oxygens (including phenoxy) is 3. The van der Waals surface area contributed by atoms with E-state index in [4.69, 9.17) is 14.2 Å². The normalized spacial score (nSPS) is 13.1. The molecule has 0 amide bonds. The molecule has 0 N–H and O–H groups in total. The summed E-state index contributed by atoms with van der Waals surface area (Å²) in [7, 11) is 0. The summed E-state index contributed by atoms with van der Waals surface area (Å²) < 4.78 is 17.5. The molecule has 0 saturated heterocycles. The molecular weight excluding hydrogens is 909 g/mol. The van der Waals surface area contributed by atoms with Crippen molar-refractivity contribution in [2.45, 2.75) is 284 Å². The minimum atomic E-state index is -0.583. The molecule has 0 bridgehead atoms. The SMILES string of the molecule is CC/C=C\C/C=C\C/C=C\C/C=C\C/C=C\C/C=C\CCC(=O)OCC(COCCCCCCCCCCCCCCCCCCCCCC)OC(=O)CCCCCCCC/C=C\C/C=C\C/C=C\C/C=C\CC. The Hall–Kier alpha value is -3.70. The Balaban J connectivity index is 4.41. The molecule has 0 fully saturated rings. The lowest BCUT2D eigenvalue weighted by Crippen LogP contribution is -2.30. The van der Waals surface area contributed by atoms with E-state index in [1.165, 1.54) is 135 Å². The van der Waals surface area contributed by atoms with Gasteiger partial charge in [0.25, 0.3) is 0 Å². The van der Waals surface area contributed by atoms with Gasteiger partial charge in [0.15, 0.2) is 6.10 Å². The molecule has 0 aliphatic carbocycles. The van der Waals surface area contributed by atoms with E-state index in [0.29, 0.717) is 25.9 Å². The van der Waals surface area contributed by atoms with E-state index in [2.05, 4.69) is 136 Å². The van der Waals surface area contributed by atoms with Gasteiger partial charge in [-0.2, -0.15) is 0 Å². The van der Waals surface area contributed by atoms with E-state index in [-0.39, 0.29) is 25.2 Å². The maximum absolute atomic E-state index is 12.9. The van der Waals surface area contributed by atoms with Crippen LogP contribution >= 0.6 is 0 Å². The van der Waals surface area contributed by atoms with Gasteiger partial charge in [-0.25, -0.2) is 0 Å². The Morgan fingerprint density at radius 3 is 1.03 bits per heavy atom. The van der Waals surface area contributed by atoms with E-state index in [9.17, 15) is 9.59 Å². The third-order valence-electron chi connectivity index (χ3n) is 13.0.